The number of amides is 1. The van der Waals surface area contributed by atoms with E-state index in [2.05, 4.69) is 11.2 Å². The Balaban J connectivity index is 2.78. The van der Waals surface area contributed by atoms with Gasteiger partial charge in [0, 0.05) is 11.3 Å². The van der Waals surface area contributed by atoms with Gasteiger partial charge < -0.3 is 11.1 Å². The van der Waals surface area contributed by atoms with E-state index in [1.165, 1.54) is 0 Å². The highest BCUT2D eigenvalue weighted by molar-refractivity contribution is 5.94. The van der Waals surface area contributed by atoms with Crippen molar-refractivity contribution in [3.05, 3.63) is 29.8 Å². The molecule has 72 valence electrons. The molecule has 0 saturated heterocycles. The second-order valence-electron chi connectivity index (χ2n) is 3.00. The third-order valence-corrected chi connectivity index (χ3v) is 1.71. The Kier molecular flexibility index (Phi) is 3.27. The molecule has 0 spiro atoms. The predicted molar refractivity (Wildman–Crippen MR) is 56.7 cm³/mol. The minimum absolute atomic E-state index is 0.223. The maximum Gasteiger partial charge on any atom is 0.240 e. The van der Waals surface area contributed by atoms with Crippen LogP contribution in [0, 0.1) is 12.3 Å². The Morgan fingerprint density at radius 2 is 2.36 bits per heavy atom. The van der Waals surface area contributed by atoms with Gasteiger partial charge in [0.15, 0.2) is 0 Å². The van der Waals surface area contributed by atoms with Crippen LogP contribution in [0.15, 0.2) is 24.3 Å². The summed E-state index contributed by atoms with van der Waals surface area (Å²) in [6.45, 7) is 1.63. The van der Waals surface area contributed by atoms with Gasteiger partial charge in [-0.1, -0.05) is 12.0 Å². The summed E-state index contributed by atoms with van der Waals surface area (Å²) in [5.41, 5.74) is 6.80. The summed E-state index contributed by atoms with van der Waals surface area (Å²) in [6.07, 6.45) is 5.22. The summed E-state index contributed by atoms with van der Waals surface area (Å²) in [5.74, 6) is 2.26. The zero-order valence-electron chi connectivity index (χ0n) is 7.95. The van der Waals surface area contributed by atoms with Crippen molar-refractivity contribution in [1.29, 1.82) is 0 Å². The number of anilines is 1. The van der Waals surface area contributed by atoms with E-state index in [9.17, 15) is 4.79 Å². The average Bonchev–Trinajstić information content (AvgIpc) is 2.18. The van der Waals surface area contributed by atoms with Crippen LogP contribution in [0.1, 0.15) is 12.5 Å². The van der Waals surface area contributed by atoms with E-state index >= 15 is 0 Å². The first kappa shape index (κ1) is 10.3. The summed E-state index contributed by atoms with van der Waals surface area (Å²) in [7, 11) is 0. The lowest BCUT2D eigenvalue weighted by molar-refractivity contribution is -0.117. The summed E-state index contributed by atoms with van der Waals surface area (Å²) in [4.78, 5) is 11.2. The van der Waals surface area contributed by atoms with Crippen LogP contribution in [0.5, 0.6) is 0 Å². The standard InChI is InChI=1S/C11H12N2O/c1-3-9-5-4-6-10(7-9)13-11(14)8(2)12/h1,4-8H,12H2,2H3,(H,13,14). The summed E-state index contributed by atoms with van der Waals surface area (Å²) < 4.78 is 0. The van der Waals surface area contributed by atoms with Crippen molar-refractivity contribution in [1.82, 2.24) is 0 Å². The van der Waals surface area contributed by atoms with E-state index in [1.807, 2.05) is 0 Å². The molecule has 3 N–H and O–H groups in total. The van der Waals surface area contributed by atoms with Crippen molar-refractivity contribution < 1.29 is 4.79 Å². The lowest BCUT2D eigenvalue weighted by atomic mass is 10.2. The number of rotatable bonds is 2. The SMILES string of the molecule is C#Cc1cccc(NC(=O)C(C)N)c1. The molecular weight excluding hydrogens is 176 g/mol. The van der Waals surface area contributed by atoms with Crippen molar-refractivity contribution in [3.63, 3.8) is 0 Å². The van der Waals surface area contributed by atoms with Gasteiger partial charge in [0.1, 0.15) is 0 Å². The second kappa shape index (κ2) is 4.45. The van der Waals surface area contributed by atoms with Crippen molar-refractivity contribution in [2.75, 3.05) is 5.32 Å². The van der Waals surface area contributed by atoms with Crippen molar-refractivity contribution in [3.8, 4) is 12.3 Å². The lowest BCUT2D eigenvalue weighted by Gasteiger charge is -2.07. The highest BCUT2D eigenvalue weighted by Gasteiger charge is 2.06. The molecule has 3 nitrogen and oxygen atoms in total. The Morgan fingerprint density at radius 1 is 1.64 bits per heavy atom. The van der Waals surface area contributed by atoms with Gasteiger partial charge in [-0.25, -0.2) is 0 Å². The Morgan fingerprint density at radius 3 is 2.93 bits per heavy atom. The fourth-order valence-electron chi connectivity index (χ4n) is 0.943. The summed E-state index contributed by atoms with van der Waals surface area (Å²) in [5, 5.41) is 2.66. The number of carbonyl (C=O) groups excluding carboxylic acids is 1. The van der Waals surface area contributed by atoms with E-state index in [0.717, 1.165) is 5.56 Å². The first-order valence-corrected chi connectivity index (χ1v) is 4.26. The van der Waals surface area contributed by atoms with E-state index < -0.39 is 6.04 Å². The molecule has 0 aromatic heterocycles. The molecule has 1 aromatic rings. The first-order valence-electron chi connectivity index (χ1n) is 4.26. The smallest absolute Gasteiger partial charge is 0.240 e. The number of terminal acetylenes is 1. The number of hydrogen-bond donors (Lipinski definition) is 2. The zero-order valence-corrected chi connectivity index (χ0v) is 7.95. The maximum absolute atomic E-state index is 11.2. The third kappa shape index (κ3) is 2.61. The van der Waals surface area contributed by atoms with E-state index in [-0.39, 0.29) is 5.91 Å². The highest BCUT2D eigenvalue weighted by Crippen LogP contribution is 2.09. The monoisotopic (exact) mass is 188 g/mol. The normalized spacial score (nSPS) is 11.5. The van der Waals surface area contributed by atoms with E-state index in [1.54, 1.807) is 31.2 Å². The van der Waals surface area contributed by atoms with Crippen LogP contribution in [-0.4, -0.2) is 11.9 Å². The van der Waals surface area contributed by atoms with E-state index in [4.69, 9.17) is 12.2 Å². The molecular formula is C11H12N2O. The average molecular weight is 188 g/mol. The molecule has 1 unspecified atom stereocenters. The van der Waals surface area contributed by atoms with Gasteiger partial charge in [-0.3, -0.25) is 4.79 Å². The number of nitrogens with one attached hydrogen (secondary N) is 1. The van der Waals surface area contributed by atoms with Crippen LogP contribution in [-0.2, 0) is 4.79 Å². The van der Waals surface area contributed by atoms with Gasteiger partial charge >= 0.3 is 0 Å². The number of benzene rings is 1. The third-order valence-electron chi connectivity index (χ3n) is 1.71. The van der Waals surface area contributed by atoms with Gasteiger partial charge in [-0.2, -0.15) is 0 Å². The number of hydrogen-bond acceptors (Lipinski definition) is 2. The molecule has 0 fully saturated rings. The Hall–Kier alpha value is -1.79. The predicted octanol–water partition coefficient (Wildman–Crippen LogP) is 0.954. The largest absolute Gasteiger partial charge is 0.325 e. The van der Waals surface area contributed by atoms with Gasteiger partial charge in [0.25, 0.3) is 0 Å². The van der Waals surface area contributed by atoms with Crippen molar-refractivity contribution in [2.45, 2.75) is 13.0 Å². The molecule has 1 atom stereocenters. The van der Waals surface area contributed by atoms with Crippen LogP contribution >= 0.6 is 0 Å². The molecule has 0 heterocycles. The Bertz CT molecular complexity index is 377. The molecule has 1 rings (SSSR count). The van der Waals surface area contributed by atoms with Gasteiger partial charge in [0.2, 0.25) is 5.91 Å². The van der Waals surface area contributed by atoms with Gasteiger partial charge in [-0.05, 0) is 25.1 Å². The van der Waals surface area contributed by atoms with Gasteiger partial charge in [-0.15, -0.1) is 6.42 Å². The molecule has 0 radical (unpaired) electrons. The topological polar surface area (TPSA) is 55.1 Å². The maximum atomic E-state index is 11.2. The van der Waals surface area contributed by atoms with Crippen LogP contribution in [0.3, 0.4) is 0 Å². The molecule has 0 aliphatic heterocycles. The van der Waals surface area contributed by atoms with E-state index in [0.29, 0.717) is 5.69 Å². The molecule has 0 saturated carbocycles. The van der Waals surface area contributed by atoms with Crippen LogP contribution in [0.2, 0.25) is 0 Å². The minimum atomic E-state index is -0.524. The fourth-order valence-corrected chi connectivity index (χ4v) is 0.943. The summed E-state index contributed by atoms with van der Waals surface area (Å²) >= 11 is 0. The molecule has 1 amide bonds. The lowest BCUT2D eigenvalue weighted by Crippen LogP contribution is -2.32. The Labute approximate surface area is 83.3 Å². The minimum Gasteiger partial charge on any atom is -0.325 e. The number of carbonyl (C=O) groups is 1. The van der Waals surface area contributed by atoms with Gasteiger partial charge in [0.05, 0.1) is 6.04 Å². The number of nitrogens with two attached hydrogens (primary N) is 1. The van der Waals surface area contributed by atoms with Crippen LogP contribution in [0.4, 0.5) is 5.69 Å². The second-order valence-corrected chi connectivity index (χ2v) is 3.00. The van der Waals surface area contributed by atoms with Crippen molar-refractivity contribution in [2.24, 2.45) is 5.73 Å². The molecule has 1 aromatic carbocycles. The quantitative estimate of drug-likeness (QED) is 0.679. The molecule has 0 bridgehead atoms. The van der Waals surface area contributed by atoms with Crippen LogP contribution < -0.4 is 11.1 Å². The molecule has 0 aliphatic carbocycles. The molecule has 0 aliphatic rings. The van der Waals surface area contributed by atoms with Crippen LogP contribution in [0.25, 0.3) is 0 Å². The fraction of sp³-hybridized carbons (Fsp3) is 0.182. The first-order chi connectivity index (χ1) is 6.63. The summed E-state index contributed by atoms with van der Waals surface area (Å²) in [6, 6.07) is 6.54. The van der Waals surface area contributed by atoms with Crippen molar-refractivity contribution >= 4 is 11.6 Å². The zero-order chi connectivity index (χ0) is 10.6. The molecule has 14 heavy (non-hydrogen) atoms. The molecule has 3 heteroatoms. The highest BCUT2D eigenvalue weighted by atomic mass is 16.2.